The van der Waals surface area contributed by atoms with Gasteiger partial charge in [0.1, 0.15) is 11.5 Å². The number of methoxy groups -OCH3 is 1. The van der Waals surface area contributed by atoms with E-state index in [0.29, 0.717) is 22.6 Å². The highest BCUT2D eigenvalue weighted by Gasteiger charge is 2.36. The van der Waals surface area contributed by atoms with Crippen LogP contribution in [0.2, 0.25) is 0 Å². The number of furan rings is 1. The van der Waals surface area contributed by atoms with Crippen LogP contribution in [0.5, 0.6) is 0 Å². The summed E-state index contributed by atoms with van der Waals surface area (Å²) in [4.78, 5) is 25.7. The summed E-state index contributed by atoms with van der Waals surface area (Å²) in [5.41, 5.74) is 0.276. The number of amides is 1. The Balaban J connectivity index is 1.56. The standard InChI is InChI=1S/C23H14F3NO4S2/c1-30-21(29)14-7-5-13(6-8-14)18-10-9-17(31-18)12-19-20(28)27(22(32)33-19)16-4-2-3-15(11-16)23(24,25)26/h2-12H,1H3. The minimum Gasteiger partial charge on any atom is -0.465 e. The van der Waals surface area contributed by atoms with E-state index in [1.165, 1.54) is 25.3 Å². The molecule has 168 valence electrons. The van der Waals surface area contributed by atoms with Crippen molar-refractivity contribution in [3.63, 3.8) is 0 Å². The molecule has 2 heterocycles. The van der Waals surface area contributed by atoms with Gasteiger partial charge < -0.3 is 9.15 Å². The second-order valence-electron chi connectivity index (χ2n) is 6.84. The van der Waals surface area contributed by atoms with Gasteiger partial charge in [-0.1, -0.05) is 42.2 Å². The van der Waals surface area contributed by atoms with E-state index >= 15 is 0 Å². The Hall–Kier alpha value is -3.37. The normalized spacial score (nSPS) is 15.4. The fourth-order valence-corrected chi connectivity index (χ4v) is 4.39. The van der Waals surface area contributed by atoms with Crippen molar-refractivity contribution in [2.75, 3.05) is 12.0 Å². The first-order chi connectivity index (χ1) is 15.7. The first-order valence-corrected chi connectivity index (χ1v) is 10.6. The number of halogens is 3. The fraction of sp³-hybridized carbons (Fsp3) is 0.0870. The van der Waals surface area contributed by atoms with Crippen LogP contribution in [0.4, 0.5) is 18.9 Å². The Bertz CT molecular complexity index is 1280. The van der Waals surface area contributed by atoms with Crippen LogP contribution < -0.4 is 4.90 Å². The van der Waals surface area contributed by atoms with E-state index < -0.39 is 23.6 Å². The SMILES string of the molecule is COC(=O)c1ccc(-c2ccc(C=C3SC(=S)N(c4cccc(C(F)(F)F)c4)C3=O)o2)cc1. The molecular weight excluding hydrogens is 475 g/mol. The molecule has 1 fully saturated rings. The molecule has 0 N–H and O–H groups in total. The second kappa shape index (κ2) is 8.87. The van der Waals surface area contributed by atoms with Crippen LogP contribution in [0.25, 0.3) is 17.4 Å². The van der Waals surface area contributed by atoms with Gasteiger partial charge in [0.25, 0.3) is 5.91 Å². The topological polar surface area (TPSA) is 59.8 Å². The number of carbonyl (C=O) groups excluding carboxylic acids is 2. The number of alkyl halides is 3. The lowest BCUT2D eigenvalue weighted by Gasteiger charge is -2.16. The number of ether oxygens (including phenoxy) is 1. The Kier molecular flexibility index (Phi) is 6.13. The molecule has 5 nitrogen and oxygen atoms in total. The van der Waals surface area contributed by atoms with Crippen molar-refractivity contribution in [1.82, 2.24) is 0 Å². The van der Waals surface area contributed by atoms with E-state index in [2.05, 4.69) is 4.74 Å². The largest absolute Gasteiger partial charge is 0.465 e. The summed E-state index contributed by atoms with van der Waals surface area (Å²) in [6.45, 7) is 0. The predicted molar refractivity (Wildman–Crippen MR) is 123 cm³/mol. The monoisotopic (exact) mass is 489 g/mol. The highest BCUT2D eigenvalue weighted by molar-refractivity contribution is 8.27. The number of esters is 1. The van der Waals surface area contributed by atoms with Crippen LogP contribution >= 0.6 is 24.0 Å². The molecule has 0 saturated carbocycles. The highest BCUT2D eigenvalue weighted by Crippen LogP contribution is 2.38. The lowest BCUT2D eigenvalue weighted by atomic mass is 10.1. The summed E-state index contributed by atoms with van der Waals surface area (Å²) in [5, 5.41) is 0. The van der Waals surface area contributed by atoms with Gasteiger partial charge in [0.2, 0.25) is 0 Å². The molecule has 0 bridgehead atoms. The molecule has 0 aliphatic carbocycles. The number of hydrogen-bond donors (Lipinski definition) is 0. The molecule has 3 aromatic rings. The van der Waals surface area contributed by atoms with E-state index in [1.807, 2.05) is 0 Å². The van der Waals surface area contributed by atoms with Crippen molar-refractivity contribution in [2.24, 2.45) is 0 Å². The van der Waals surface area contributed by atoms with Crippen molar-refractivity contribution in [2.45, 2.75) is 6.18 Å². The molecule has 0 unspecified atom stereocenters. The number of anilines is 1. The van der Waals surface area contributed by atoms with Crippen LogP contribution in [0.15, 0.2) is 70.0 Å². The molecule has 10 heteroatoms. The third kappa shape index (κ3) is 4.71. The zero-order valence-electron chi connectivity index (χ0n) is 16.9. The Labute approximate surface area is 195 Å². The second-order valence-corrected chi connectivity index (χ2v) is 8.51. The maximum atomic E-state index is 13.0. The molecule has 0 spiro atoms. The van der Waals surface area contributed by atoms with Crippen LogP contribution in [0.1, 0.15) is 21.7 Å². The minimum atomic E-state index is -4.54. The number of thiocarbonyl (C=S) groups is 1. The molecule has 1 aliphatic heterocycles. The number of carbonyl (C=O) groups is 2. The van der Waals surface area contributed by atoms with Crippen LogP contribution in [0.3, 0.4) is 0 Å². The zero-order valence-corrected chi connectivity index (χ0v) is 18.5. The first kappa shape index (κ1) is 22.8. The van der Waals surface area contributed by atoms with Gasteiger partial charge in [0, 0.05) is 11.6 Å². The van der Waals surface area contributed by atoms with E-state index in [1.54, 1.807) is 36.4 Å². The van der Waals surface area contributed by atoms with Crippen LogP contribution in [-0.2, 0) is 15.7 Å². The summed E-state index contributed by atoms with van der Waals surface area (Å²) in [7, 11) is 1.30. The summed E-state index contributed by atoms with van der Waals surface area (Å²) < 4.78 is 49.7. The summed E-state index contributed by atoms with van der Waals surface area (Å²) >= 11 is 6.21. The molecule has 1 aliphatic rings. The highest BCUT2D eigenvalue weighted by atomic mass is 32.2. The van der Waals surface area contributed by atoms with Gasteiger partial charge in [-0.2, -0.15) is 13.2 Å². The summed E-state index contributed by atoms with van der Waals surface area (Å²) in [5.74, 6) is -0.119. The van der Waals surface area contributed by atoms with Gasteiger partial charge >= 0.3 is 12.1 Å². The maximum absolute atomic E-state index is 13.0. The molecule has 1 aromatic heterocycles. The van der Waals surface area contributed by atoms with E-state index in [9.17, 15) is 22.8 Å². The molecule has 1 saturated heterocycles. The van der Waals surface area contributed by atoms with Crippen molar-refractivity contribution < 1.29 is 31.9 Å². The van der Waals surface area contributed by atoms with Gasteiger partial charge in [0.15, 0.2) is 4.32 Å². The van der Waals surface area contributed by atoms with Gasteiger partial charge in [0.05, 0.1) is 28.8 Å². The van der Waals surface area contributed by atoms with Crippen molar-refractivity contribution in [1.29, 1.82) is 0 Å². The average Bonchev–Trinajstić information content (AvgIpc) is 3.37. The Morgan fingerprint density at radius 3 is 2.52 bits per heavy atom. The van der Waals surface area contributed by atoms with Crippen molar-refractivity contribution in [3.05, 3.63) is 82.5 Å². The molecule has 0 atom stereocenters. The molecule has 4 rings (SSSR count). The molecule has 33 heavy (non-hydrogen) atoms. The minimum absolute atomic E-state index is 0.0431. The predicted octanol–water partition coefficient (Wildman–Crippen LogP) is 6.16. The fourth-order valence-electron chi connectivity index (χ4n) is 3.11. The Morgan fingerprint density at radius 2 is 1.85 bits per heavy atom. The van der Waals surface area contributed by atoms with E-state index in [0.717, 1.165) is 28.8 Å². The molecule has 2 aromatic carbocycles. The zero-order chi connectivity index (χ0) is 23.8. The third-order valence-corrected chi connectivity index (χ3v) is 6.02. The van der Waals surface area contributed by atoms with Gasteiger partial charge in [-0.15, -0.1) is 0 Å². The van der Waals surface area contributed by atoms with Gasteiger partial charge in [-0.3, -0.25) is 9.69 Å². The lowest BCUT2D eigenvalue weighted by Crippen LogP contribution is -2.27. The molecule has 0 radical (unpaired) electrons. The van der Waals surface area contributed by atoms with E-state index in [-0.39, 0.29) is 14.9 Å². The average molecular weight is 489 g/mol. The number of hydrogen-bond acceptors (Lipinski definition) is 6. The molecule has 1 amide bonds. The van der Waals surface area contributed by atoms with Crippen LogP contribution in [-0.4, -0.2) is 23.3 Å². The van der Waals surface area contributed by atoms with Gasteiger partial charge in [-0.25, -0.2) is 4.79 Å². The first-order valence-electron chi connectivity index (χ1n) is 9.41. The maximum Gasteiger partial charge on any atom is 0.416 e. The Morgan fingerprint density at radius 1 is 1.12 bits per heavy atom. The summed E-state index contributed by atoms with van der Waals surface area (Å²) in [6.07, 6.45) is -3.05. The van der Waals surface area contributed by atoms with Gasteiger partial charge in [-0.05, 0) is 42.5 Å². The third-order valence-electron chi connectivity index (χ3n) is 4.72. The number of nitrogens with zero attached hydrogens (tertiary/aromatic N) is 1. The smallest absolute Gasteiger partial charge is 0.416 e. The van der Waals surface area contributed by atoms with Crippen LogP contribution in [0, 0.1) is 0 Å². The van der Waals surface area contributed by atoms with Crippen molar-refractivity contribution in [3.8, 4) is 11.3 Å². The van der Waals surface area contributed by atoms with Crippen molar-refractivity contribution >= 4 is 51.9 Å². The number of benzene rings is 2. The summed E-state index contributed by atoms with van der Waals surface area (Å²) in [6, 6.07) is 14.4. The molecular formula is C23H14F3NO4S2. The number of rotatable bonds is 4. The lowest BCUT2D eigenvalue weighted by molar-refractivity contribution is -0.137. The van der Waals surface area contributed by atoms with E-state index in [4.69, 9.17) is 16.6 Å². The quantitative estimate of drug-likeness (QED) is 0.249. The number of thioether (sulfide) groups is 1.